The summed E-state index contributed by atoms with van der Waals surface area (Å²) < 4.78 is 29.4. The Labute approximate surface area is 173 Å². The van der Waals surface area contributed by atoms with Gasteiger partial charge in [-0.1, -0.05) is 60.7 Å². The molecule has 0 radical (unpaired) electrons. The lowest BCUT2D eigenvalue weighted by Crippen LogP contribution is -2.64. The summed E-state index contributed by atoms with van der Waals surface area (Å²) in [5.74, 6) is 0. The molecule has 5 N–H and O–H groups in total. The highest BCUT2D eigenvalue weighted by atomic mass is 31.2. The van der Waals surface area contributed by atoms with Gasteiger partial charge in [0.2, 0.25) is 0 Å². The van der Waals surface area contributed by atoms with Crippen LogP contribution in [0.3, 0.4) is 0 Å². The molecule has 6 atom stereocenters. The molecular weight excluding hydrogens is 415 g/mol. The summed E-state index contributed by atoms with van der Waals surface area (Å²) in [6.07, 6.45) is -10.9. The van der Waals surface area contributed by atoms with Gasteiger partial charge < -0.3 is 25.5 Å². The smallest absolute Gasteiger partial charge is 0.387 e. The Bertz CT molecular complexity index is 771. The fourth-order valence-corrected chi connectivity index (χ4v) is 4.38. The van der Waals surface area contributed by atoms with Gasteiger partial charge in [-0.05, 0) is 11.1 Å². The molecular formula is C20H25O9P. The molecule has 0 aliphatic heterocycles. The van der Waals surface area contributed by atoms with Crippen molar-refractivity contribution in [1.82, 2.24) is 0 Å². The minimum atomic E-state index is -4.39. The Morgan fingerprint density at radius 1 is 0.633 bits per heavy atom. The van der Waals surface area contributed by atoms with Crippen LogP contribution in [-0.2, 0) is 31.4 Å². The van der Waals surface area contributed by atoms with Crippen LogP contribution < -0.4 is 0 Å². The number of rotatable bonds is 8. The molecule has 1 saturated carbocycles. The van der Waals surface area contributed by atoms with Crippen LogP contribution >= 0.6 is 7.82 Å². The van der Waals surface area contributed by atoms with Crippen LogP contribution in [0.2, 0.25) is 0 Å². The number of aliphatic hydroxyl groups excluding tert-OH is 5. The van der Waals surface area contributed by atoms with E-state index in [0.29, 0.717) is 11.1 Å². The van der Waals surface area contributed by atoms with Crippen LogP contribution in [0.25, 0.3) is 0 Å². The lowest BCUT2D eigenvalue weighted by atomic mass is 9.85. The number of aliphatic hydroxyl groups is 5. The van der Waals surface area contributed by atoms with Crippen LogP contribution in [0, 0.1) is 0 Å². The first-order valence-corrected chi connectivity index (χ1v) is 10.8. The van der Waals surface area contributed by atoms with E-state index >= 15 is 0 Å². The molecule has 0 bridgehead atoms. The van der Waals surface area contributed by atoms with Crippen LogP contribution in [-0.4, -0.2) is 62.2 Å². The van der Waals surface area contributed by atoms with Gasteiger partial charge in [-0.15, -0.1) is 0 Å². The first-order valence-electron chi connectivity index (χ1n) is 9.36. The van der Waals surface area contributed by atoms with Crippen molar-refractivity contribution in [2.45, 2.75) is 49.8 Å². The molecule has 0 spiro atoms. The van der Waals surface area contributed by atoms with Gasteiger partial charge in [0.1, 0.15) is 36.6 Å². The second-order valence-electron chi connectivity index (χ2n) is 6.99. The lowest BCUT2D eigenvalue weighted by Gasteiger charge is -2.41. The highest BCUT2D eigenvalue weighted by Crippen LogP contribution is 2.53. The Morgan fingerprint density at radius 3 is 1.40 bits per heavy atom. The Balaban J connectivity index is 1.77. The molecule has 3 rings (SSSR count). The predicted molar refractivity (Wildman–Crippen MR) is 105 cm³/mol. The molecule has 1 fully saturated rings. The average molecular weight is 440 g/mol. The summed E-state index contributed by atoms with van der Waals surface area (Å²) in [6, 6.07) is 17.6. The lowest BCUT2D eigenvalue weighted by molar-refractivity contribution is -0.220. The van der Waals surface area contributed by atoms with Crippen molar-refractivity contribution in [3.63, 3.8) is 0 Å². The van der Waals surface area contributed by atoms with Crippen molar-refractivity contribution < 1.29 is 43.7 Å². The third kappa shape index (κ3) is 5.53. The maximum atomic E-state index is 13.3. The first kappa shape index (κ1) is 23.0. The van der Waals surface area contributed by atoms with E-state index < -0.39 is 44.4 Å². The summed E-state index contributed by atoms with van der Waals surface area (Å²) >= 11 is 0. The van der Waals surface area contributed by atoms with Gasteiger partial charge in [-0.3, -0.25) is 13.6 Å². The molecule has 2 aromatic rings. The topological polar surface area (TPSA) is 146 Å². The fraction of sp³-hybridized carbons (Fsp3) is 0.400. The van der Waals surface area contributed by atoms with E-state index in [1.165, 1.54) is 0 Å². The molecule has 164 valence electrons. The molecule has 0 amide bonds. The van der Waals surface area contributed by atoms with E-state index in [4.69, 9.17) is 13.6 Å². The molecule has 2 aromatic carbocycles. The van der Waals surface area contributed by atoms with Gasteiger partial charge in [0.15, 0.2) is 0 Å². The van der Waals surface area contributed by atoms with E-state index in [1.807, 2.05) is 0 Å². The summed E-state index contributed by atoms with van der Waals surface area (Å²) in [4.78, 5) is 0. The monoisotopic (exact) mass is 440 g/mol. The van der Waals surface area contributed by atoms with Gasteiger partial charge in [0.25, 0.3) is 0 Å². The second kappa shape index (κ2) is 10.1. The average Bonchev–Trinajstić information content (AvgIpc) is 2.78. The quantitative estimate of drug-likeness (QED) is 0.375. The van der Waals surface area contributed by atoms with E-state index in [2.05, 4.69) is 0 Å². The van der Waals surface area contributed by atoms with Crippen LogP contribution in [0.15, 0.2) is 60.7 Å². The zero-order chi connectivity index (χ0) is 21.7. The van der Waals surface area contributed by atoms with Gasteiger partial charge in [-0.2, -0.15) is 0 Å². The van der Waals surface area contributed by atoms with E-state index in [0.717, 1.165) is 0 Å². The van der Waals surface area contributed by atoms with Crippen molar-refractivity contribution in [1.29, 1.82) is 0 Å². The van der Waals surface area contributed by atoms with Crippen molar-refractivity contribution in [2.75, 3.05) is 0 Å². The van der Waals surface area contributed by atoms with E-state index in [-0.39, 0.29) is 13.2 Å². The van der Waals surface area contributed by atoms with Gasteiger partial charge in [-0.25, -0.2) is 4.57 Å². The minimum absolute atomic E-state index is 0.153. The molecule has 0 aromatic heterocycles. The third-order valence-corrected chi connectivity index (χ3v) is 6.18. The van der Waals surface area contributed by atoms with Crippen LogP contribution in [0.4, 0.5) is 0 Å². The number of hydrogen-bond acceptors (Lipinski definition) is 9. The standard InChI is InChI=1S/C20H25O9P/c21-15-16(22)18(24)20(19(25)17(15)23)29-30(26,27-11-13-7-3-1-4-8-13)28-12-14-9-5-2-6-10-14/h1-10,15-25H,11-12H2/t15?,16-,17-,18-,19+,20?/m1/s1. The normalized spacial score (nSPS) is 29.6. The maximum Gasteiger partial charge on any atom is 0.475 e. The number of phosphoric acid groups is 1. The molecule has 30 heavy (non-hydrogen) atoms. The van der Waals surface area contributed by atoms with Crippen LogP contribution in [0.1, 0.15) is 11.1 Å². The summed E-state index contributed by atoms with van der Waals surface area (Å²) in [5.41, 5.74) is 1.34. The molecule has 0 heterocycles. The maximum absolute atomic E-state index is 13.3. The zero-order valence-electron chi connectivity index (χ0n) is 16.0. The Morgan fingerprint density at radius 2 is 1.00 bits per heavy atom. The minimum Gasteiger partial charge on any atom is -0.387 e. The first-order chi connectivity index (χ1) is 14.3. The van der Waals surface area contributed by atoms with E-state index in [1.54, 1.807) is 60.7 Å². The van der Waals surface area contributed by atoms with Crippen molar-refractivity contribution in [3.8, 4) is 0 Å². The zero-order valence-corrected chi connectivity index (χ0v) is 16.9. The second-order valence-corrected chi connectivity index (χ2v) is 8.61. The number of benzene rings is 2. The van der Waals surface area contributed by atoms with Gasteiger partial charge in [0, 0.05) is 0 Å². The highest BCUT2D eigenvalue weighted by Gasteiger charge is 2.51. The summed E-state index contributed by atoms with van der Waals surface area (Å²) in [5, 5.41) is 49.9. The number of hydrogen-bond donors (Lipinski definition) is 5. The van der Waals surface area contributed by atoms with Crippen LogP contribution in [0.5, 0.6) is 0 Å². The molecule has 1 aliphatic rings. The predicted octanol–water partition coefficient (Wildman–Crippen LogP) is 0.731. The molecule has 2 unspecified atom stereocenters. The summed E-state index contributed by atoms with van der Waals surface area (Å²) in [6.45, 7) is -0.306. The molecule has 1 aliphatic carbocycles. The summed E-state index contributed by atoms with van der Waals surface area (Å²) in [7, 11) is -4.39. The van der Waals surface area contributed by atoms with Crippen molar-refractivity contribution >= 4 is 7.82 Å². The molecule has 9 nitrogen and oxygen atoms in total. The Kier molecular flexibility index (Phi) is 7.75. The molecule has 0 saturated heterocycles. The van der Waals surface area contributed by atoms with Crippen molar-refractivity contribution in [2.24, 2.45) is 0 Å². The molecule has 10 heteroatoms. The SMILES string of the molecule is O=P(OCc1ccccc1)(OCc1ccccc1)OC1[C@@H](O)[C@H](O)C(O)[C@@H](O)[C@H]1O. The van der Waals surface area contributed by atoms with Gasteiger partial charge in [0.05, 0.1) is 13.2 Å². The highest BCUT2D eigenvalue weighted by molar-refractivity contribution is 7.48. The third-order valence-electron chi connectivity index (χ3n) is 4.79. The largest absolute Gasteiger partial charge is 0.475 e. The fourth-order valence-electron chi connectivity index (χ4n) is 3.02. The van der Waals surface area contributed by atoms with Crippen molar-refractivity contribution in [3.05, 3.63) is 71.8 Å². The van der Waals surface area contributed by atoms with E-state index in [9.17, 15) is 30.1 Å². The number of phosphoric ester groups is 1. The van der Waals surface area contributed by atoms with Gasteiger partial charge >= 0.3 is 7.82 Å². The Hall–Kier alpha value is -1.65.